The first kappa shape index (κ1) is 9.53. The lowest BCUT2D eigenvalue weighted by Gasteiger charge is -2.11. The van der Waals surface area contributed by atoms with Crippen molar-refractivity contribution in [3.63, 3.8) is 0 Å². The molecule has 0 aliphatic carbocycles. The van der Waals surface area contributed by atoms with Crippen molar-refractivity contribution in [2.45, 2.75) is 12.5 Å². The number of anilines is 1. The Bertz CT molecular complexity index is 499. The van der Waals surface area contributed by atoms with Gasteiger partial charge in [0.15, 0.2) is 5.65 Å². The van der Waals surface area contributed by atoms with Gasteiger partial charge in [-0.1, -0.05) is 0 Å². The minimum Gasteiger partial charge on any atom is -0.365 e. The fourth-order valence-corrected chi connectivity index (χ4v) is 2.05. The molecule has 0 radical (unpaired) electrons. The zero-order chi connectivity index (χ0) is 11.0. The highest BCUT2D eigenvalue weighted by Crippen LogP contribution is 2.19. The Hall–Kier alpha value is -1.69. The molecule has 0 bridgehead atoms. The monoisotopic (exact) mass is 218 g/mol. The molecule has 0 aromatic carbocycles. The maximum absolute atomic E-state index is 4.28. The summed E-state index contributed by atoms with van der Waals surface area (Å²) in [7, 11) is 1.89. The van der Waals surface area contributed by atoms with Crippen molar-refractivity contribution in [1.29, 1.82) is 0 Å². The Labute approximate surface area is 93.1 Å². The van der Waals surface area contributed by atoms with Gasteiger partial charge in [-0.2, -0.15) is 5.10 Å². The number of hydrogen-bond acceptors (Lipinski definition) is 5. The first-order chi connectivity index (χ1) is 7.84. The van der Waals surface area contributed by atoms with Gasteiger partial charge in [0.2, 0.25) is 0 Å². The van der Waals surface area contributed by atoms with E-state index in [-0.39, 0.29) is 0 Å². The van der Waals surface area contributed by atoms with Crippen molar-refractivity contribution < 1.29 is 0 Å². The third-order valence-electron chi connectivity index (χ3n) is 2.93. The maximum Gasteiger partial charge on any atom is 0.163 e. The molecule has 1 fully saturated rings. The Balaban J connectivity index is 1.96. The number of hydrogen-bond donors (Lipinski definition) is 2. The van der Waals surface area contributed by atoms with Crippen LogP contribution in [0.4, 0.5) is 5.82 Å². The molecule has 1 saturated heterocycles. The summed E-state index contributed by atoms with van der Waals surface area (Å²) in [5.41, 5.74) is 0.864. The first-order valence-corrected chi connectivity index (χ1v) is 5.44. The summed E-state index contributed by atoms with van der Waals surface area (Å²) in [6.45, 7) is 2.06. The molecule has 6 heteroatoms. The van der Waals surface area contributed by atoms with Gasteiger partial charge in [-0.15, -0.1) is 0 Å². The topological polar surface area (TPSA) is 67.7 Å². The van der Waals surface area contributed by atoms with E-state index in [2.05, 4.69) is 25.7 Å². The molecule has 3 rings (SSSR count). The molecule has 2 aromatic rings. The standard InChI is InChI=1S/C10H14N6/c1-16-10-8(5-14-16)9(12-6-13-10)15-7-2-3-11-4-7/h5-7,11H,2-4H2,1H3,(H,12,13,15). The van der Waals surface area contributed by atoms with Crippen molar-refractivity contribution in [1.82, 2.24) is 25.1 Å². The van der Waals surface area contributed by atoms with E-state index in [1.807, 2.05) is 7.05 Å². The molecule has 3 heterocycles. The lowest BCUT2D eigenvalue weighted by Crippen LogP contribution is -2.22. The van der Waals surface area contributed by atoms with Crippen LogP contribution < -0.4 is 10.6 Å². The zero-order valence-electron chi connectivity index (χ0n) is 9.14. The average Bonchev–Trinajstić information content (AvgIpc) is 2.90. The van der Waals surface area contributed by atoms with Gasteiger partial charge in [-0.3, -0.25) is 4.68 Å². The molecular formula is C10H14N6. The molecule has 1 aliphatic heterocycles. The molecule has 2 N–H and O–H groups in total. The minimum absolute atomic E-state index is 0.457. The van der Waals surface area contributed by atoms with Gasteiger partial charge in [0, 0.05) is 19.6 Å². The van der Waals surface area contributed by atoms with Crippen molar-refractivity contribution in [2.75, 3.05) is 18.4 Å². The second-order valence-corrected chi connectivity index (χ2v) is 4.06. The summed E-state index contributed by atoms with van der Waals surface area (Å²) in [5, 5.41) is 11.9. The van der Waals surface area contributed by atoms with Crippen LogP contribution in [0.15, 0.2) is 12.5 Å². The Morgan fingerprint density at radius 3 is 3.25 bits per heavy atom. The predicted molar refractivity (Wildman–Crippen MR) is 61.2 cm³/mol. The van der Waals surface area contributed by atoms with Crippen molar-refractivity contribution in [3.05, 3.63) is 12.5 Å². The number of aryl methyl sites for hydroxylation is 1. The quantitative estimate of drug-likeness (QED) is 0.750. The van der Waals surface area contributed by atoms with Gasteiger partial charge in [-0.05, 0) is 13.0 Å². The Kier molecular flexibility index (Phi) is 2.21. The normalized spacial score (nSPS) is 20.4. The van der Waals surface area contributed by atoms with Gasteiger partial charge in [0.25, 0.3) is 0 Å². The lowest BCUT2D eigenvalue weighted by atomic mass is 10.2. The SMILES string of the molecule is Cn1ncc2c(NC3CCNC3)ncnc21. The van der Waals surface area contributed by atoms with Crippen LogP contribution in [0.25, 0.3) is 11.0 Å². The molecule has 1 aliphatic rings. The molecule has 0 saturated carbocycles. The van der Waals surface area contributed by atoms with Crippen LogP contribution in [-0.2, 0) is 7.05 Å². The predicted octanol–water partition coefficient (Wildman–Crippen LogP) is 0.137. The van der Waals surface area contributed by atoms with E-state index in [0.717, 1.165) is 36.4 Å². The summed E-state index contributed by atoms with van der Waals surface area (Å²) < 4.78 is 1.76. The number of nitrogens with zero attached hydrogens (tertiary/aromatic N) is 4. The summed E-state index contributed by atoms with van der Waals surface area (Å²) in [5.74, 6) is 0.881. The fourth-order valence-electron chi connectivity index (χ4n) is 2.05. The van der Waals surface area contributed by atoms with Crippen LogP contribution in [0.5, 0.6) is 0 Å². The number of fused-ring (bicyclic) bond motifs is 1. The van der Waals surface area contributed by atoms with Crippen molar-refractivity contribution in [2.24, 2.45) is 7.05 Å². The van der Waals surface area contributed by atoms with E-state index in [9.17, 15) is 0 Å². The zero-order valence-corrected chi connectivity index (χ0v) is 9.14. The van der Waals surface area contributed by atoms with E-state index in [4.69, 9.17) is 0 Å². The molecule has 84 valence electrons. The minimum atomic E-state index is 0.457. The molecule has 6 nitrogen and oxygen atoms in total. The summed E-state index contributed by atoms with van der Waals surface area (Å²) in [6.07, 6.45) is 4.51. The van der Waals surface area contributed by atoms with Crippen LogP contribution in [0, 0.1) is 0 Å². The molecule has 16 heavy (non-hydrogen) atoms. The molecular weight excluding hydrogens is 204 g/mol. The van der Waals surface area contributed by atoms with Crippen LogP contribution in [0.3, 0.4) is 0 Å². The number of nitrogens with one attached hydrogen (secondary N) is 2. The molecule has 1 atom stereocenters. The van der Waals surface area contributed by atoms with Crippen LogP contribution in [0.2, 0.25) is 0 Å². The van der Waals surface area contributed by atoms with Gasteiger partial charge >= 0.3 is 0 Å². The third-order valence-corrected chi connectivity index (χ3v) is 2.93. The summed E-state index contributed by atoms with van der Waals surface area (Å²) >= 11 is 0. The number of aromatic nitrogens is 4. The lowest BCUT2D eigenvalue weighted by molar-refractivity contribution is 0.782. The van der Waals surface area contributed by atoms with E-state index in [1.54, 1.807) is 17.2 Å². The van der Waals surface area contributed by atoms with Gasteiger partial charge in [0.1, 0.15) is 12.1 Å². The molecule has 0 spiro atoms. The second-order valence-electron chi connectivity index (χ2n) is 4.06. The summed E-state index contributed by atoms with van der Waals surface area (Å²) in [4.78, 5) is 8.49. The van der Waals surface area contributed by atoms with Crippen LogP contribution in [0.1, 0.15) is 6.42 Å². The summed E-state index contributed by atoms with van der Waals surface area (Å²) in [6, 6.07) is 0.457. The molecule has 0 amide bonds. The van der Waals surface area contributed by atoms with Gasteiger partial charge in [0.05, 0.1) is 11.6 Å². The van der Waals surface area contributed by atoms with E-state index in [1.165, 1.54) is 0 Å². The van der Waals surface area contributed by atoms with E-state index >= 15 is 0 Å². The fraction of sp³-hybridized carbons (Fsp3) is 0.500. The van der Waals surface area contributed by atoms with Gasteiger partial charge < -0.3 is 10.6 Å². The van der Waals surface area contributed by atoms with Crippen LogP contribution >= 0.6 is 0 Å². The second kappa shape index (κ2) is 3.71. The van der Waals surface area contributed by atoms with Gasteiger partial charge in [-0.25, -0.2) is 9.97 Å². The maximum atomic E-state index is 4.28. The van der Waals surface area contributed by atoms with E-state index in [0.29, 0.717) is 6.04 Å². The van der Waals surface area contributed by atoms with Crippen molar-refractivity contribution in [3.8, 4) is 0 Å². The number of rotatable bonds is 2. The highest BCUT2D eigenvalue weighted by molar-refractivity contribution is 5.86. The van der Waals surface area contributed by atoms with Crippen molar-refractivity contribution >= 4 is 16.9 Å². The molecule has 1 unspecified atom stereocenters. The Morgan fingerprint density at radius 1 is 1.50 bits per heavy atom. The van der Waals surface area contributed by atoms with Crippen LogP contribution in [-0.4, -0.2) is 38.9 Å². The average molecular weight is 218 g/mol. The van der Waals surface area contributed by atoms with E-state index < -0.39 is 0 Å². The smallest absolute Gasteiger partial charge is 0.163 e. The third kappa shape index (κ3) is 1.51. The highest BCUT2D eigenvalue weighted by atomic mass is 15.3. The Morgan fingerprint density at radius 2 is 2.44 bits per heavy atom. The largest absolute Gasteiger partial charge is 0.365 e. The highest BCUT2D eigenvalue weighted by Gasteiger charge is 2.16. The molecule has 2 aromatic heterocycles. The first-order valence-electron chi connectivity index (χ1n) is 5.44.